The Morgan fingerprint density at radius 3 is 2.69 bits per heavy atom. The van der Waals surface area contributed by atoms with Crippen molar-refractivity contribution in [3.63, 3.8) is 0 Å². The molecule has 2 amide bonds. The van der Waals surface area contributed by atoms with Crippen molar-refractivity contribution in [2.24, 2.45) is 17.8 Å². The SMILES string of the molecule is C/C=C/c1ccc2n(c1=O)C[C@@H]1[C@@H](CO)[C@H](C(=O)NCC3CC3)[C@H]2N1C(=O)CC. The summed E-state index contributed by atoms with van der Waals surface area (Å²) >= 11 is 0. The van der Waals surface area contributed by atoms with Crippen LogP contribution in [-0.2, 0) is 16.1 Å². The average molecular weight is 399 g/mol. The van der Waals surface area contributed by atoms with Crippen molar-refractivity contribution < 1.29 is 14.7 Å². The van der Waals surface area contributed by atoms with Crippen molar-refractivity contribution in [3.8, 4) is 0 Å². The molecule has 3 aliphatic rings. The highest BCUT2D eigenvalue weighted by Gasteiger charge is 2.57. The Morgan fingerprint density at radius 2 is 2.07 bits per heavy atom. The van der Waals surface area contributed by atoms with Crippen molar-refractivity contribution >= 4 is 17.9 Å². The number of carbonyl (C=O) groups excluding carboxylic acids is 2. The highest BCUT2D eigenvalue weighted by Crippen LogP contribution is 2.48. The Labute approximate surface area is 170 Å². The largest absolute Gasteiger partial charge is 0.396 e. The lowest BCUT2D eigenvalue weighted by Crippen LogP contribution is -2.49. The number of hydrogen-bond acceptors (Lipinski definition) is 4. The number of hydrogen-bond donors (Lipinski definition) is 2. The number of fused-ring (bicyclic) bond motifs is 4. The fourth-order valence-electron chi connectivity index (χ4n) is 4.94. The van der Waals surface area contributed by atoms with E-state index >= 15 is 0 Å². The molecule has 1 saturated carbocycles. The predicted octanol–water partition coefficient (Wildman–Crippen LogP) is 1.31. The molecule has 7 nitrogen and oxygen atoms in total. The minimum absolute atomic E-state index is 0.0489. The molecule has 4 rings (SSSR count). The minimum Gasteiger partial charge on any atom is -0.396 e. The normalized spacial score (nSPS) is 27.9. The van der Waals surface area contributed by atoms with Crippen molar-refractivity contribution in [1.82, 2.24) is 14.8 Å². The maximum absolute atomic E-state index is 13.2. The molecule has 0 aromatic carbocycles. The first-order valence-electron chi connectivity index (χ1n) is 10.6. The third kappa shape index (κ3) is 3.31. The van der Waals surface area contributed by atoms with E-state index in [0.29, 0.717) is 36.7 Å². The van der Waals surface area contributed by atoms with E-state index in [4.69, 9.17) is 0 Å². The standard InChI is InChI=1S/C22H29N3O4/c1-3-5-14-8-9-16-20-19(21(28)23-10-13-6-7-13)15(12-26)17(11-24(16)22(14)29)25(20)18(27)4-2/h3,5,8-9,13,15,17,19-20,26H,4,6-7,10-12H2,1-2H3,(H,23,28)/b5-3+/t15-,17-,19+,20+/m1/s1. The summed E-state index contributed by atoms with van der Waals surface area (Å²) < 4.78 is 1.70. The van der Waals surface area contributed by atoms with Gasteiger partial charge < -0.3 is 19.9 Å². The van der Waals surface area contributed by atoms with E-state index in [1.165, 1.54) is 0 Å². The summed E-state index contributed by atoms with van der Waals surface area (Å²) in [5.74, 6) is -0.582. The summed E-state index contributed by atoms with van der Waals surface area (Å²) in [7, 11) is 0. The fraction of sp³-hybridized carbons (Fsp3) is 0.591. The van der Waals surface area contributed by atoms with Crippen molar-refractivity contribution in [2.45, 2.75) is 51.7 Å². The summed E-state index contributed by atoms with van der Waals surface area (Å²) in [5, 5.41) is 13.2. The van der Waals surface area contributed by atoms with E-state index in [1.54, 1.807) is 28.5 Å². The van der Waals surface area contributed by atoms with Gasteiger partial charge in [-0.1, -0.05) is 19.1 Å². The summed E-state index contributed by atoms with van der Waals surface area (Å²) in [6.45, 7) is 4.41. The summed E-state index contributed by atoms with van der Waals surface area (Å²) in [4.78, 5) is 40.7. The molecule has 1 aromatic heterocycles. The molecule has 2 N–H and O–H groups in total. The van der Waals surface area contributed by atoms with Gasteiger partial charge in [0.2, 0.25) is 11.8 Å². The van der Waals surface area contributed by atoms with Crippen LogP contribution in [0.25, 0.3) is 6.08 Å². The zero-order valence-corrected chi connectivity index (χ0v) is 17.0. The van der Waals surface area contributed by atoms with Gasteiger partial charge in [0.1, 0.15) is 0 Å². The van der Waals surface area contributed by atoms with Gasteiger partial charge in [0, 0.05) is 43.3 Å². The summed E-state index contributed by atoms with van der Waals surface area (Å²) in [6, 6.07) is 2.73. The number of aliphatic hydroxyl groups is 1. The predicted molar refractivity (Wildman–Crippen MR) is 109 cm³/mol. The first-order valence-corrected chi connectivity index (χ1v) is 10.6. The average Bonchev–Trinajstić information content (AvgIpc) is 3.52. The van der Waals surface area contributed by atoms with Gasteiger partial charge in [0.25, 0.3) is 5.56 Å². The molecule has 1 saturated heterocycles. The number of nitrogens with one attached hydrogen (secondary N) is 1. The van der Waals surface area contributed by atoms with Gasteiger partial charge in [-0.2, -0.15) is 0 Å². The molecule has 0 spiro atoms. The molecule has 0 radical (unpaired) electrons. The highest BCUT2D eigenvalue weighted by molar-refractivity contribution is 5.84. The summed E-state index contributed by atoms with van der Waals surface area (Å²) in [6.07, 6.45) is 6.17. The van der Waals surface area contributed by atoms with Gasteiger partial charge in [-0.3, -0.25) is 14.4 Å². The Balaban J connectivity index is 1.78. The summed E-state index contributed by atoms with van der Waals surface area (Å²) in [5.41, 5.74) is 1.15. The number of aliphatic hydroxyl groups excluding tert-OH is 1. The molecule has 3 heterocycles. The Kier molecular flexibility index (Phi) is 5.34. The maximum atomic E-state index is 13.2. The van der Waals surface area contributed by atoms with Crippen molar-refractivity contribution in [3.05, 3.63) is 39.8 Å². The van der Waals surface area contributed by atoms with E-state index in [0.717, 1.165) is 12.8 Å². The van der Waals surface area contributed by atoms with Gasteiger partial charge in [0.15, 0.2) is 0 Å². The van der Waals surface area contributed by atoms with E-state index < -0.39 is 12.0 Å². The van der Waals surface area contributed by atoms with Crippen LogP contribution in [0.5, 0.6) is 0 Å². The second-order valence-electron chi connectivity index (χ2n) is 8.36. The maximum Gasteiger partial charge on any atom is 0.258 e. The van der Waals surface area contributed by atoms with Crippen LogP contribution in [0, 0.1) is 17.8 Å². The molecule has 0 unspecified atom stereocenters. The number of rotatable bonds is 6. The van der Waals surface area contributed by atoms with Gasteiger partial charge in [-0.15, -0.1) is 0 Å². The molecule has 2 fully saturated rings. The lowest BCUT2D eigenvalue weighted by atomic mass is 9.86. The quantitative estimate of drug-likeness (QED) is 0.755. The number of pyridine rings is 1. The van der Waals surface area contributed by atoms with E-state index in [-0.39, 0.29) is 35.9 Å². The molecule has 29 heavy (non-hydrogen) atoms. The molecule has 2 aliphatic heterocycles. The third-order valence-corrected chi connectivity index (χ3v) is 6.57. The van der Waals surface area contributed by atoms with Gasteiger partial charge in [0.05, 0.1) is 18.0 Å². The molecule has 7 heteroatoms. The van der Waals surface area contributed by atoms with Crippen LogP contribution in [0.4, 0.5) is 0 Å². The van der Waals surface area contributed by atoms with Crippen molar-refractivity contribution in [1.29, 1.82) is 0 Å². The lowest BCUT2D eigenvalue weighted by molar-refractivity contribution is -0.136. The zero-order valence-electron chi connectivity index (χ0n) is 17.0. The third-order valence-electron chi connectivity index (χ3n) is 6.57. The Morgan fingerprint density at radius 1 is 1.31 bits per heavy atom. The van der Waals surface area contributed by atoms with Gasteiger partial charge in [-0.05, 0) is 37.8 Å². The second kappa shape index (κ2) is 7.78. The van der Waals surface area contributed by atoms with Crippen LogP contribution in [0.3, 0.4) is 0 Å². The molecule has 1 aliphatic carbocycles. The van der Waals surface area contributed by atoms with E-state index in [1.807, 2.05) is 19.1 Å². The Hall–Kier alpha value is -2.41. The van der Waals surface area contributed by atoms with Crippen LogP contribution in [0.15, 0.2) is 23.0 Å². The molecule has 156 valence electrons. The number of aromatic nitrogens is 1. The number of nitrogens with zero attached hydrogens (tertiary/aromatic N) is 2. The topological polar surface area (TPSA) is 91.6 Å². The van der Waals surface area contributed by atoms with Gasteiger partial charge >= 0.3 is 0 Å². The van der Waals surface area contributed by atoms with Crippen LogP contribution in [0.1, 0.15) is 50.4 Å². The molecule has 2 bridgehead atoms. The molecular formula is C22H29N3O4. The molecule has 4 atom stereocenters. The first-order chi connectivity index (χ1) is 14.0. The molecular weight excluding hydrogens is 370 g/mol. The number of carbonyl (C=O) groups is 2. The van der Waals surface area contributed by atoms with Crippen LogP contribution in [0.2, 0.25) is 0 Å². The van der Waals surface area contributed by atoms with Crippen LogP contribution < -0.4 is 10.9 Å². The van der Waals surface area contributed by atoms with E-state index in [2.05, 4.69) is 5.32 Å². The number of amides is 2. The lowest BCUT2D eigenvalue weighted by Gasteiger charge is -2.38. The number of allylic oxidation sites excluding steroid dienone is 1. The van der Waals surface area contributed by atoms with Crippen molar-refractivity contribution in [2.75, 3.05) is 13.2 Å². The zero-order chi connectivity index (χ0) is 20.7. The smallest absolute Gasteiger partial charge is 0.258 e. The fourth-order valence-corrected chi connectivity index (χ4v) is 4.94. The van der Waals surface area contributed by atoms with E-state index in [9.17, 15) is 19.5 Å². The second-order valence-corrected chi connectivity index (χ2v) is 8.36. The monoisotopic (exact) mass is 399 g/mol. The molecule has 1 aromatic rings. The minimum atomic E-state index is -0.556. The first kappa shape index (κ1) is 19.9. The van der Waals surface area contributed by atoms with Gasteiger partial charge in [-0.25, -0.2) is 0 Å². The highest BCUT2D eigenvalue weighted by atomic mass is 16.3. The van der Waals surface area contributed by atoms with Crippen LogP contribution >= 0.6 is 0 Å². The van der Waals surface area contributed by atoms with Crippen LogP contribution in [-0.4, -0.2) is 45.6 Å². The Bertz CT molecular complexity index is 902.